The molecule has 1 aromatic carbocycles. The molecule has 4 heteroatoms. The largest absolute Gasteiger partial charge is 0.339 e. The second-order valence-corrected chi connectivity index (χ2v) is 8.00. The highest BCUT2D eigenvalue weighted by Gasteiger charge is 2.25. The SMILES string of the molecule is CN1CCC(c2cn(N)c3ccc(C(=O)C4CCCCC4)cc23)CC1. The molecule has 1 saturated carbocycles. The highest BCUT2D eigenvalue weighted by Crippen LogP contribution is 2.35. The number of carbonyl (C=O) groups is 1. The van der Waals surface area contributed by atoms with Gasteiger partial charge in [-0.3, -0.25) is 9.47 Å². The molecule has 2 fully saturated rings. The Hall–Kier alpha value is -1.81. The van der Waals surface area contributed by atoms with Gasteiger partial charge in [-0.25, -0.2) is 0 Å². The van der Waals surface area contributed by atoms with Crippen LogP contribution in [0, 0.1) is 5.92 Å². The van der Waals surface area contributed by atoms with Gasteiger partial charge in [-0.1, -0.05) is 19.3 Å². The quantitative estimate of drug-likeness (QED) is 0.681. The van der Waals surface area contributed by atoms with E-state index in [-0.39, 0.29) is 5.92 Å². The summed E-state index contributed by atoms with van der Waals surface area (Å²) in [5, 5.41) is 1.18. The Labute approximate surface area is 149 Å². The van der Waals surface area contributed by atoms with E-state index in [0.29, 0.717) is 11.7 Å². The molecular formula is C21H29N3O. The number of hydrogen-bond acceptors (Lipinski definition) is 3. The summed E-state index contributed by atoms with van der Waals surface area (Å²) < 4.78 is 1.73. The van der Waals surface area contributed by atoms with Crippen molar-refractivity contribution >= 4 is 16.7 Å². The lowest BCUT2D eigenvalue weighted by Gasteiger charge is -2.28. The second-order valence-electron chi connectivity index (χ2n) is 8.00. The Balaban J connectivity index is 1.66. The minimum atomic E-state index is 0.220. The lowest BCUT2D eigenvalue weighted by molar-refractivity contribution is 0.0889. The maximum Gasteiger partial charge on any atom is 0.165 e. The number of nitrogen functional groups attached to an aromatic ring is 1. The molecule has 4 rings (SSSR count). The maximum absolute atomic E-state index is 12.9. The Morgan fingerprint density at radius 1 is 1.08 bits per heavy atom. The Kier molecular flexibility index (Phi) is 4.55. The van der Waals surface area contributed by atoms with Crippen molar-refractivity contribution in [3.63, 3.8) is 0 Å². The molecule has 0 radical (unpaired) electrons. The molecule has 1 aliphatic heterocycles. The maximum atomic E-state index is 12.9. The van der Waals surface area contributed by atoms with Crippen molar-refractivity contribution in [3.05, 3.63) is 35.5 Å². The lowest BCUT2D eigenvalue weighted by Crippen LogP contribution is -2.29. The van der Waals surface area contributed by atoms with Crippen molar-refractivity contribution in [2.45, 2.75) is 50.9 Å². The fourth-order valence-corrected chi connectivity index (χ4v) is 4.68. The van der Waals surface area contributed by atoms with E-state index >= 15 is 0 Å². The fourth-order valence-electron chi connectivity index (χ4n) is 4.68. The van der Waals surface area contributed by atoms with Gasteiger partial charge in [-0.15, -0.1) is 0 Å². The number of fused-ring (bicyclic) bond motifs is 1. The highest BCUT2D eigenvalue weighted by atomic mass is 16.1. The van der Waals surface area contributed by atoms with Gasteiger partial charge in [-0.05, 0) is 75.5 Å². The first-order chi connectivity index (χ1) is 12.1. The summed E-state index contributed by atoms with van der Waals surface area (Å²) in [5.41, 5.74) is 3.23. The standard InChI is InChI=1S/C21H29N3O/c1-23-11-9-15(10-12-23)19-14-24(22)20-8-7-17(13-18(19)20)21(25)16-5-3-2-4-6-16/h7-8,13-16H,2-6,9-12,22H2,1H3. The molecule has 1 aromatic heterocycles. The first-order valence-corrected chi connectivity index (χ1v) is 9.76. The van der Waals surface area contributed by atoms with Crippen LogP contribution in [0.4, 0.5) is 0 Å². The zero-order valence-electron chi connectivity index (χ0n) is 15.2. The smallest absolute Gasteiger partial charge is 0.165 e. The van der Waals surface area contributed by atoms with Crippen LogP contribution in [-0.2, 0) is 0 Å². The molecule has 25 heavy (non-hydrogen) atoms. The van der Waals surface area contributed by atoms with E-state index in [1.807, 2.05) is 12.1 Å². The van der Waals surface area contributed by atoms with Crippen LogP contribution in [0.25, 0.3) is 10.9 Å². The summed E-state index contributed by atoms with van der Waals surface area (Å²) >= 11 is 0. The lowest BCUT2D eigenvalue weighted by atomic mass is 9.83. The predicted octanol–water partition coefficient (Wildman–Crippen LogP) is 3.93. The van der Waals surface area contributed by atoms with Crippen LogP contribution in [0.15, 0.2) is 24.4 Å². The minimum absolute atomic E-state index is 0.220. The van der Waals surface area contributed by atoms with E-state index in [4.69, 9.17) is 5.84 Å². The molecule has 134 valence electrons. The van der Waals surface area contributed by atoms with E-state index in [0.717, 1.165) is 49.9 Å². The number of Topliss-reactive ketones (excluding diaryl/α,β-unsaturated/α-hetero) is 1. The van der Waals surface area contributed by atoms with Gasteiger partial charge in [0.1, 0.15) is 0 Å². The van der Waals surface area contributed by atoms with Crippen LogP contribution in [0.1, 0.15) is 66.8 Å². The number of hydrogen-bond donors (Lipinski definition) is 1. The van der Waals surface area contributed by atoms with Crippen LogP contribution < -0.4 is 5.84 Å². The number of nitrogens with two attached hydrogens (primary N) is 1. The molecule has 1 saturated heterocycles. The second kappa shape index (κ2) is 6.83. The first kappa shape index (κ1) is 16.6. The average Bonchev–Trinajstić information content (AvgIpc) is 2.99. The first-order valence-electron chi connectivity index (χ1n) is 9.76. The third-order valence-corrected chi connectivity index (χ3v) is 6.28. The molecule has 0 atom stereocenters. The average molecular weight is 339 g/mol. The number of likely N-dealkylation sites (tertiary alicyclic amines) is 1. The topological polar surface area (TPSA) is 51.3 Å². The third-order valence-electron chi connectivity index (χ3n) is 6.28. The number of nitrogens with zero attached hydrogens (tertiary/aromatic N) is 2. The van der Waals surface area contributed by atoms with Gasteiger partial charge in [0.2, 0.25) is 0 Å². The van der Waals surface area contributed by atoms with Crippen LogP contribution in [0.3, 0.4) is 0 Å². The van der Waals surface area contributed by atoms with Crippen LogP contribution in [-0.4, -0.2) is 35.5 Å². The van der Waals surface area contributed by atoms with Crippen molar-refractivity contribution in [2.24, 2.45) is 5.92 Å². The molecular weight excluding hydrogens is 310 g/mol. The monoisotopic (exact) mass is 339 g/mol. The van der Waals surface area contributed by atoms with Crippen molar-refractivity contribution in [3.8, 4) is 0 Å². The number of benzene rings is 1. The normalized spacial score (nSPS) is 21.0. The van der Waals surface area contributed by atoms with Gasteiger partial charge in [0, 0.05) is 23.1 Å². The van der Waals surface area contributed by atoms with Crippen LogP contribution in [0.5, 0.6) is 0 Å². The van der Waals surface area contributed by atoms with Gasteiger partial charge >= 0.3 is 0 Å². The summed E-state index contributed by atoms with van der Waals surface area (Å²) in [6.45, 7) is 2.26. The van der Waals surface area contributed by atoms with E-state index < -0.39 is 0 Å². The number of rotatable bonds is 3. The van der Waals surface area contributed by atoms with E-state index in [1.54, 1.807) is 4.68 Å². The fraction of sp³-hybridized carbons (Fsp3) is 0.571. The summed E-state index contributed by atoms with van der Waals surface area (Å²) in [7, 11) is 2.18. The van der Waals surface area contributed by atoms with Crippen LogP contribution in [0.2, 0.25) is 0 Å². The molecule has 2 heterocycles. The summed E-state index contributed by atoms with van der Waals surface area (Å²) in [5.74, 6) is 7.30. The molecule has 0 unspecified atom stereocenters. The molecule has 4 nitrogen and oxygen atoms in total. The Morgan fingerprint density at radius 2 is 1.80 bits per heavy atom. The Bertz CT molecular complexity index is 765. The number of piperidine rings is 1. The van der Waals surface area contributed by atoms with E-state index in [2.05, 4.69) is 24.2 Å². The van der Waals surface area contributed by atoms with Crippen LogP contribution >= 0.6 is 0 Å². The van der Waals surface area contributed by atoms with Crippen molar-refractivity contribution in [2.75, 3.05) is 26.0 Å². The highest BCUT2D eigenvalue weighted by molar-refractivity contribution is 6.01. The summed E-state index contributed by atoms with van der Waals surface area (Å²) in [4.78, 5) is 15.3. The predicted molar refractivity (Wildman–Crippen MR) is 102 cm³/mol. The third kappa shape index (κ3) is 3.20. The number of ketones is 1. The zero-order valence-corrected chi connectivity index (χ0v) is 15.2. The van der Waals surface area contributed by atoms with Gasteiger partial charge in [-0.2, -0.15) is 0 Å². The molecule has 0 amide bonds. The molecule has 0 bridgehead atoms. The molecule has 2 N–H and O–H groups in total. The zero-order chi connectivity index (χ0) is 17.4. The van der Waals surface area contributed by atoms with Crippen molar-refractivity contribution < 1.29 is 4.79 Å². The molecule has 2 aromatic rings. The summed E-state index contributed by atoms with van der Waals surface area (Å²) in [6.07, 6.45) is 10.2. The number of aromatic nitrogens is 1. The van der Waals surface area contributed by atoms with Gasteiger partial charge in [0.15, 0.2) is 5.78 Å². The number of carbonyl (C=O) groups excluding carboxylic acids is 1. The van der Waals surface area contributed by atoms with Crippen molar-refractivity contribution in [1.29, 1.82) is 0 Å². The van der Waals surface area contributed by atoms with Crippen molar-refractivity contribution in [1.82, 2.24) is 9.58 Å². The molecule has 1 aliphatic carbocycles. The van der Waals surface area contributed by atoms with Gasteiger partial charge in [0.05, 0.1) is 5.52 Å². The molecule has 0 spiro atoms. The van der Waals surface area contributed by atoms with E-state index in [1.165, 1.54) is 30.2 Å². The summed E-state index contributed by atoms with van der Waals surface area (Å²) in [6, 6.07) is 6.12. The van der Waals surface area contributed by atoms with Gasteiger partial charge in [0.25, 0.3) is 0 Å². The van der Waals surface area contributed by atoms with Gasteiger partial charge < -0.3 is 10.7 Å². The molecule has 2 aliphatic rings. The van der Waals surface area contributed by atoms with E-state index in [9.17, 15) is 4.79 Å². The minimum Gasteiger partial charge on any atom is -0.339 e. The Morgan fingerprint density at radius 3 is 2.52 bits per heavy atom.